The largest absolute Gasteiger partial charge is 0.433 e. The molecule has 0 aliphatic heterocycles. The lowest BCUT2D eigenvalue weighted by atomic mass is 10.2. The van der Waals surface area contributed by atoms with E-state index >= 15 is 0 Å². The van der Waals surface area contributed by atoms with E-state index in [-0.39, 0.29) is 11.4 Å². The minimum atomic E-state index is -3.74. The average molecular weight is 384 g/mol. The van der Waals surface area contributed by atoms with Crippen LogP contribution in [0, 0.1) is 6.92 Å². The standard InChI is InChI=1S/C17H18F2N2O4S/c1-12-7-3-5-9-14(12)21(26(2,23)24)11-16(22)20-13-8-4-6-10-15(13)25-17(18)19/h3-10,17H,11H2,1-2H3,(H,20,22). The highest BCUT2D eigenvalue weighted by atomic mass is 32.2. The molecule has 0 aliphatic rings. The zero-order chi connectivity index (χ0) is 19.3. The summed E-state index contributed by atoms with van der Waals surface area (Å²) in [6.45, 7) is -1.84. The van der Waals surface area contributed by atoms with E-state index in [1.807, 2.05) is 0 Å². The van der Waals surface area contributed by atoms with Gasteiger partial charge in [0.15, 0.2) is 0 Å². The van der Waals surface area contributed by atoms with E-state index in [4.69, 9.17) is 0 Å². The van der Waals surface area contributed by atoms with Gasteiger partial charge >= 0.3 is 6.61 Å². The Morgan fingerprint density at radius 2 is 1.77 bits per heavy atom. The lowest BCUT2D eigenvalue weighted by Crippen LogP contribution is -2.37. The number of benzene rings is 2. The van der Waals surface area contributed by atoms with Gasteiger partial charge in [0, 0.05) is 0 Å². The maximum absolute atomic E-state index is 12.4. The summed E-state index contributed by atoms with van der Waals surface area (Å²) in [4.78, 5) is 12.3. The third kappa shape index (κ3) is 5.16. The number of amides is 1. The molecule has 6 nitrogen and oxygen atoms in total. The number of nitrogens with one attached hydrogen (secondary N) is 1. The molecule has 2 aromatic carbocycles. The monoisotopic (exact) mass is 384 g/mol. The number of hydrogen-bond donors (Lipinski definition) is 1. The van der Waals surface area contributed by atoms with Gasteiger partial charge < -0.3 is 10.1 Å². The van der Waals surface area contributed by atoms with E-state index in [2.05, 4.69) is 10.1 Å². The van der Waals surface area contributed by atoms with Crippen molar-refractivity contribution in [2.75, 3.05) is 22.4 Å². The normalized spacial score (nSPS) is 11.3. The fourth-order valence-corrected chi connectivity index (χ4v) is 3.23. The van der Waals surface area contributed by atoms with Gasteiger partial charge in [-0.05, 0) is 30.7 Å². The predicted molar refractivity (Wildman–Crippen MR) is 95.1 cm³/mol. The number of anilines is 2. The van der Waals surface area contributed by atoms with Crippen molar-refractivity contribution in [1.82, 2.24) is 0 Å². The number of para-hydroxylation sites is 3. The molecule has 0 aliphatic carbocycles. The summed E-state index contributed by atoms with van der Waals surface area (Å²) in [5.41, 5.74) is 1.06. The van der Waals surface area contributed by atoms with Crippen LogP contribution in [0.2, 0.25) is 0 Å². The van der Waals surface area contributed by atoms with Crippen LogP contribution >= 0.6 is 0 Å². The lowest BCUT2D eigenvalue weighted by molar-refractivity contribution is -0.114. The number of hydrogen-bond acceptors (Lipinski definition) is 4. The van der Waals surface area contributed by atoms with Crippen molar-refractivity contribution in [3.8, 4) is 5.75 Å². The molecule has 2 aromatic rings. The molecule has 1 amide bonds. The molecule has 26 heavy (non-hydrogen) atoms. The molecule has 0 saturated heterocycles. The lowest BCUT2D eigenvalue weighted by Gasteiger charge is -2.23. The van der Waals surface area contributed by atoms with E-state index in [1.165, 1.54) is 24.3 Å². The molecule has 0 atom stereocenters. The fraction of sp³-hybridized carbons (Fsp3) is 0.235. The van der Waals surface area contributed by atoms with E-state index in [1.54, 1.807) is 31.2 Å². The maximum Gasteiger partial charge on any atom is 0.387 e. The van der Waals surface area contributed by atoms with E-state index < -0.39 is 29.1 Å². The fourth-order valence-electron chi connectivity index (χ4n) is 2.31. The molecule has 0 bridgehead atoms. The van der Waals surface area contributed by atoms with E-state index in [0.29, 0.717) is 11.3 Å². The minimum Gasteiger partial charge on any atom is -0.433 e. The highest BCUT2D eigenvalue weighted by Gasteiger charge is 2.23. The van der Waals surface area contributed by atoms with Gasteiger partial charge in [-0.2, -0.15) is 8.78 Å². The topological polar surface area (TPSA) is 75.7 Å². The number of aryl methyl sites for hydroxylation is 1. The van der Waals surface area contributed by atoms with Gasteiger partial charge in [0.05, 0.1) is 17.6 Å². The molecule has 1 N–H and O–H groups in total. The summed E-state index contributed by atoms with van der Waals surface area (Å²) in [5.74, 6) is -0.901. The number of carbonyl (C=O) groups is 1. The number of sulfonamides is 1. The first-order chi connectivity index (χ1) is 12.2. The van der Waals surface area contributed by atoms with Gasteiger partial charge in [0.25, 0.3) is 0 Å². The van der Waals surface area contributed by atoms with E-state index in [0.717, 1.165) is 10.6 Å². The molecule has 0 heterocycles. The van der Waals surface area contributed by atoms with Crippen LogP contribution in [-0.2, 0) is 14.8 Å². The molecular formula is C17H18F2N2O4S. The first-order valence-electron chi connectivity index (χ1n) is 7.55. The van der Waals surface area contributed by atoms with Crippen LogP contribution in [0.25, 0.3) is 0 Å². The zero-order valence-electron chi connectivity index (χ0n) is 14.1. The molecule has 2 rings (SSSR count). The van der Waals surface area contributed by atoms with Crippen molar-refractivity contribution < 1.29 is 26.7 Å². The molecule has 0 spiro atoms. The van der Waals surface area contributed by atoms with Crippen molar-refractivity contribution in [3.05, 3.63) is 54.1 Å². The highest BCUT2D eigenvalue weighted by molar-refractivity contribution is 7.92. The highest BCUT2D eigenvalue weighted by Crippen LogP contribution is 2.26. The van der Waals surface area contributed by atoms with Crippen molar-refractivity contribution in [2.45, 2.75) is 13.5 Å². The van der Waals surface area contributed by atoms with Crippen LogP contribution in [0.15, 0.2) is 48.5 Å². The smallest absolute Gasteiger partial charge is 0.387 e. The van der Waals surface area contributed by atoms with Crippen molar-refractivity contribution >= 4 is 27.3 Å². The van der Waals surface area contributed by atoms with Crippen LogP contribution in [0.5, 0.6) is 5.75 Å². The van der Waals surface area contributed by atoms with Gasteiger partial charge in [-0.15, -0.1) is 0 Å². The summed E-state index contributed by atoms with van der Waals surface area (Å²) in [7, 11) is -3.74. The number of halogens is 2. The minimum absolute atomic E-state index is 0.0241. The van der Waals surface area contributed by atoms with Crippen molar-refractivity contribution in [2.24, 2.45) is 0 Å². The van der Waals surface area contributed by atoms with Gasteiger partial charge in [-0.25, -0.2) is 8.42 Å². The number of ether oxygens (including phenoxy) is 1. The van der Waals surface area contributed by atoms with Gasteiger partial charge in [0.1, 0.15) is 12.3 Å². The summed E-state index contributed by atoms with van der Waals surface area (Å²) >= 11 is 0. The Bertz CT molecular complexity index is 888. The third-order valence-electron chi connectivity index (χ3n) is 3.45. The predicted octanol–water partition coefficient (Wildman–Crippen LogP) is 3.00. The average Bonchev–Trinajstić information content (AvgIpc) is 2.54. The molecule has 0 aromatic heterocycles. The molecule has 0 radical (unpaired) electrons. The number of alkyl halides is 2. The zero-order valence-corrected chi connectivity index (χ0v) is 15.0. The SMILES string of the molecule is Cc1ccccc1N(CC(=O)Nc1ccccc1OC(F)F)S(C)(=O)=O. The number of carbonyl (C=O) groups excluding carboxylic acids is 1. The van der Waals surface area contributed by atoms with Crippen LogP contribution in [0.1, 0.15) is 5.56 Å². The third-order valence-corrected chi connectivity index (χ3v) is 4.58. The second-order valence-electron chi connectivity index (χ2n) is 5.48. The summed E-state index contributed by atoms with van der Waals surface area (Å²) in [5, 5.41) is 2.40. The van der Waals surface area contributed by atoms with Crippen LogP contribution in [0.4, 0.5) is 20.2 Å². The summed E-state index contributed by atoms with van der Waals surface area (Å²) < 4.78 is 54.4. The quantitative estimate of drug-likeness (QED) is 0.796. The molecule has 140 valence electrons. The van der Waals surface area contributed by atoms with Crippen LogP contribution in [0.3, 0.4) is 0 Å². The number of rotatable bonds is 7. The summed E-state index contributed by atoms with van der Waals surface area (Å²) in [6, 6.07) is 12.4. The van der Waals surface area contributed by atoms with Crippen molar-refractivity contribution in [1.29, 1.82) is 0 Å². The second kappa shape index (κ2) is 8.13. The Morgan fingerprint density at radius 1 is 1.15 bits per heavy atom. The van der Waals surface area contributed by atoms with Crippen LogP contribution < -0.4 is 14.4 Å². The molecular weight excluding hydrogens is 366 g/mol. The van der Waals surface area contributed by atoms with E-state index in [9.17, 15) is 22.0 Å². The molecule has 0 saturated carbocycles. The molecule has 9 heteroatoms. The maximum atomic E-state index is 12.4. The van der Waals surface area contributed by atoms with Gasteiger partial charge in [0.2, 0.25) is 15.9 Å². The Kier molecular flexibility index (Phi) is 6.14. The Morgan fingerprint density at radius 3 is 2.38 bits per heavy atom. The first-order valence-corrected chi connectivity index (χ1v) is 9.40. The first kappa shape index (κ1) is 19.6. The Hall–Kier alpha value is -2.68. The Balaban J connectivity index is 2.23. The van der Waals surface area contributed by atoms with Gasteiger partial charge in [-0.1, -0.05) is 30.3 Å². The second-order valence-corrected chi connectivity index (χ2v) is 7.39. The Labute approximate surface area is 150 Å². The van der Waals surface area contributed by atoms with Crippen molar-refractivity contribution in [3.63, 3.8) is 0 Å². The molecule has 0 fully saturated rings. The number of nitrogens with zero attached hydrogens (tertiary/aromatic N) is 1. The van der Waals surface area contributed by atoms with Crippen LogP contribution in [-0.4, -0.2) is 33.7 Å². The van der Waals surface area contributed by atoms with Gasteiger partial charge in [-0.3, -0.25) is 9.10 Å². The molecule has 0 unspecified atom stereocenters. The summed E-state index contributed by atoms with van der Waals surface area (Å²) in [6.07, 6.45) is 0.987.